The molecule has 144 valence electrons. The van der Waals surface area contributed by atoms with E-state index in [0.717, 1.165) is 0 Å². The van der Waals surface area contributed by atoms with Crippen molar-refractivity contribution >= 4 is 45.7 Å². The molecule has 9 nitrogen and oxygen atoms in total. The normalized spacial score (nSPS) is 11.2. The fourth-order valence-electron chi connectivity index (χ4n) is 2.98. The van der Waals surface area contributed by atoms with E-state index in [9.17, 15) is 13.7 Å². The number of nitrogens with zero attached hydrogens (tertiary/aromatic N) is 5. The van der Waals surface area contributed by atoms with E-state index in [1.807, 2.05) is 0 Å². The van der Waals surface area contributed by atoms with Crippen molar-refractivity contribution in [2.75, 3.05) is 24.3 Å². The van der Waals surface area contributed by atoms with E-state index in [1.54, 1.807) is 25.2 Å². The number of fused-ring (bicyclic) bond motifs is 2. The van der Waals surface area contributed by atoms with Crippen molar-refractivity contribution in [3.8, 4) is 11.3 Å². The highest BCUT2D eigenvalue weighted by Crippen LogP contribution is 2.41. The zero-order valence-electron chi connectivity index (χ0n) is 14.5. The minimum absolute atomic E-state index is 0.0512. The Morgan fingerprint density at radius 3 is 2.86 bits per heavy atom. The van der Waals surface area contributed by atoms with Crippen molar-refractivity contribution in [2.45, 2.75) is 0 Å². The predicted molar refractivity (Wildman–Crippen MR) is 98.6 cm³/mol. The summed E-state index contributed by atoms with van der Waals surface area (Å²) in [5, 5.41) is 9.36. The summed E-state index contributed by atoms with van der Waals surface area (Å²) in [5.74, 6) is -0.561. The van der Waals surface area contributed by atoms with Gasteiger partial charge in [0, 0.05) is 35.8 Å². The highest BCUT2D eigenvalue weighted by atomic mass is 35.5. The summed E-state index contributed by atoms with van der Waals surface area (Å²) < 4.78 is 28.3. The van der Waals surface area contributed by atoms with Crippen molar-refractivity contribution in [3.63, 3.8) is 0 Å². The predicted octanol–water partition coefficient (Wildman–Crippen LogP) is 3.56. The van der Waals surface area contributed by atoms with Crippen LogP contribution in [-0.2, 0) is 4.94 Å². The largest absolute Gasteiger partial charge is 0.450 e. The Labute approximate surface area is 160 Å². The van der Waals surface area contributed by atoms with Gasteiger partial charge in [-0.2, -0.15) is 5.10 Å². The first-order valence-electron chi connectivity index (χ1n) is 7.86. The van der Waals surface area contributed by atoms with Crippen LogP contribution in [0.1, 0.15) is 0 Å². The number of imidazole rings is 1. The second-order valence-corrected chi connectivity index (χ2v) is 6.44. The average Bonchev–Trinajstić information content (AvgIpc) is 3.28. The minimum atomic E-state index is -1.30. The number of amides is 1. The van der Waals surface area contributed by atoms with Crippen LogP contribution >= 0.6 is 11.6 Å². The van der Waals surface area contributed by atoms with Gasteiger partial charge in [-0.25, -0.2) is 19.1 Å². The highest BCUT2D eigenvalue weighted by molar-refractivity contribution is 6.35. The second-order valence-electron chi connectivity index (χ2n) is 6.06. The molecule has 0 aliphatic rings. The van der Waals surface area contributed by atoms with Gasteiger partial charge in [0.25, 0.3) is 0 Å². The lowest BCUT2D eigenvalue weighted by molar-refractivity contribution is -0.0544. The molecule has 3 heterocycles. The van der Waals surface area contributed by atoms with Crippen LogP contribution in [-0.4, -0.2) is 44.8 Å². The topological polar surface area (TPSA) is 100 Å². The lowest BCUT2D eigenvalue weighted by Gasteiger charge is -2.17. The maximum absolute atomic E-state index is 14.9. The molecule has 0 aliphatic carbocycles. The summed E-state index contributed by atoms with van der Waals surface area (Å²) in [4.78, 5) is 24.0. The van der Waals surface area contributed by atoms with E-state index in [0.29, 0.717) is 27.8 Å². The van der Waals surface area contributed by atoms with E-state index in [2.05, 4.69) is 30.4 Å². The van der Waals surface area contributed by atoms with Gasteiger partial charge >= 0.3 is 6.09 Å². The fraction of sp³-hybridized carbons (Fsp3) is 0.125. The number of aromatic amines is 1. The molecule has 1 amide bonds. The molecule has 0 fully saturated rings. The number of aromatic nitrogens is 5. The van der Waals surface area contributed by atoms with Crippen LogP contribution in [0, 0.1) is 5.82 Å². The number of H-pyrrole nitrogens is 1. The quantitative estimate of drug-likeness (QED) is 0.538. The maximum Gasteiger partial charge on any atom is 0.450 e. The summed E-state index contributed by atoms with van der Waals surface area (Å²) in [5.41, 5.74) is 1.82. The molecule has 0 spiro atoms. The van der Waals surface area contributed by atoms with E-state index < -0.39 is 11.9 Å². The van der Waals surface area contributed by atoms with Crippen molar-refractivity contribution in [2.24, 2.45) is 0 Å². The van der Waals surface area contributed by atoms with E-state index in [4.69, 9.17) is 11.6 Å². The molecule has 0 aliphatic heterocycles. The lowest BCUT2D eigenvalue weighted by Crippen LogP contribution is -2.12. The van der Waals surface area contributed by atoms with Gasteiger partial charge in [0.2, 0.25) is 0 Å². The van der Waals surface area contributed by atoms with Crippen LogP contribution in [0.4, 0.5) is 25.2 Å². The molecular formula is C16H12ClF2N7O2. The Kier molecular flexibility index (Phi) is 4.23. The first kappa shape index (κ1) is 17.9. The molecule has 28 heavy (non-hydrogen) atoms. The van der Waals surface area contributed by atoms with Crippen LogP contribution in [0.25, 0.3) is 27.8 Å². The Balaban J connectivity index is 1.89. The van der Waals surface area contributed by atoms with Gasteiger partial charge < -0.3 is 9.30 Å². The number of nitrogens with one attached hydrogen (secondary N) is 2. The fourth-order valence-corrected chi connectivity index (χ4v) is 3.27. The van der Waals surface area contributed by atoms with Gasteiger partial charge in [-0.1, -0.05) is 11.6 Å². The van der Waals surface area contributed by atoms with Crippen LogP contribution in [0.15, 0.2) is 24.8 Å². The third-order valence-corrected chi connectivity index (χ3v) is 4.47. The van der Waals surface area contributed by atoms with Gasteiger partial charge in [-0.15, -0.1) is 0 Å². The zero-order chi connectivity index (χ0) is 20.0. The van der Waals surface area contributed by atoms with Crippen molar-refractivity contribution < 1.29 is 18.7 Å². The summed E-state index contributed by atoms with van der Waals surface area (Å²) in [6.07, 6.45) is 4.61. The molecule has 12 heteroatoms. The number of rotatable bonds is 3. The zero-order valence-corrected chi connectivity index (χ0v) is 15.3. The Morgan fingerprint density at radius 1 is 1.36 bits per heavy atom. The molecular weight excluding hydrogens is 396 g/mol. The number of carbonyl (C=O) groups is 1. The van der Waals surface area contributed by atoms with Crippen molar-refractivity contribution in [3.05, 3.63) is 35.6 Å². The van der Waals surface area contributed by atoms with E-state index in [-0.39, 0.29) is 16.5 Å². The number of hydrogen-bond acceptors (Lipinski definition) is 6. The monoisotopic (exact) mass is 407 g/mol. The molecule has 0 radical (unpaired) electrons. The van der Waals surface area contributed by atoms with Crippen LogP contribution < -0.4 is 10.2 Å². The maximum atomic E-state index is 14.9. The van der Waals surface area contributed by atoms with Gasteiger partial charge in [-0.3, -0.25) is 15.4 Å². The molecule has 0 saturated heterocycles. The molecule has 4 rings (SSSR count). The standard InChI is InChI=1S/C16H12ClF2N7O2/c1-25(2)15-13(18)12(17)11(7-3-21-24-14(7)15)8-5-26-6-9(23-16(27)28-19)22-10(26)4-20-8/h3-6H,1-2H3,(H,21,24)(H,23,27). The van der Waals surface area contributed by atoms with Gasteiger partial charge in [0.15, 0.2) is 17.3 Å². The van der Waals surface area contributed by atoms with Crippen molar-refractivity contribution in [1.82, 2.24) is 24.6 Å². The first-order valence-corrected chi connectivity index (χ1v) is 8.24. The third kappa shape index (κ3) is 2.76. The second kappa shape index (κ2) is 6.60. The van der Waals surface area contributed by atoms with Gasteiger partial charge in [0.05, 0.1) is 34.8 Å². The number of hydrogen-bond donors (Lipinski definition) is 2. The van der Waals surface area contributed by atoms with Crippen LogP contribution in [0.3, 0.4) is 0 Å². The SMILES string of the molecule is CN(C)c1c(F)c(Cl)c(-c2cn3cc(NC(=O)OF)nc3cn2)c2cn[nH]c12. The number of benzene rings is 1. The molecule has 0 atom stereocenters. The minimum Gasteiger partial charge on any atom is -0.373 e. The molecule has 0 bridgehead atoms. The van der Waals surface area contributed by atoms with Gasteiger partial charge in [0.1, 0.15) is 5.69 Å². The van der Waals surface area contributed by atoms with E-state index >= 15 is 0 Å². The van der Waals surface area contributed by atoms with Crippen molar-refractivity contribution in [1.29, 1.82) is 0 Å². The Bertz CT molecular complexity index is 1220. The van der Waals surface area contributed by atoms with Gasteiger partial charge in [-0.05, 0) is 0 Å². The third-order valence-electron chi connectivity index (χ3n) is 4.11. The smallest absolute Gasteiger partial charge is 0.373 e. The number of carbonyl (C=O) groups excluding carboxylic acids is 1. The molecule has 3 aromatic heterocycles. The van der Waals surface area contributed by atoms with Crippen LogP contribution in [0.2, 0.25) is 5.02 Å². The average molecular weight is 408 g/mol. The molecule has 4 aromatic rings. The van der Waals surface area contributed by atoms with Crippen LogP contribution in [0.5, 0.6) is 0 Å². The summed E-state index contributed by atoms with van der Waals surface area (Å²) >= 11 is 6.33. The molecule has 1 aromatic carbocycles. The molecule has 0 unspecified atom stereocenters. The molecule has 0 saturated carbocycles. The highest BCUT2D eigenvalue weighted by Gasteiger charge is 2.23. The number of halogens is 3. The summed E-state index contributed by atoms with van der Waals surface area (Å²) in [6, 6.07) is 0. The first-order chi connectivity index (χ1) is 13.4. The summed E-state index contributed by atoms with van der Waals surface area (Å²) in [7, 11) is 3.39. The Hall–Kier alpha value is -3.47. The lowest BCUT2D eigenvalue weighted by atomic mass is 10.1. The Morgan fingerprint density at radius 2 is 2.14 bits per heavy atom. The summed E-state index contributed by atoms with van der Waals surface area (Å²) in [6.45, 7) is 0. The van der Waals surface area contributed by atoms with E-state index in [1.165, 1.54) is 23.0 Å². The molecule has 2 N–H and O–H groups in total. The number of anilines is 2.